The van der Waals surface area contributed by atoms with E-state index in [1.165, 1.54) is 4.88 Å². The molecule has 0 aliphatic heterocycles. The van der Waals surface area contributed by atoms with E-state index in [2.05, 4.69) is 18.4 Å². The predicted molar refractivity (Wildman–Crippen MR) is 87.9 cm³/mol. The summed E-state index contributed by atoms with van der Waals surface area (Å²) in [5.41, 5.74) is 5.30. The van der Waals surface area contributed by atoms with Crippen LogP contribution in [-0.4, -0.2) is 28.9 Å². The van der Waals surface area contributed by atoms with Crippen LogP contribution in [0.25, 0.3) is 0 Å². The van der Waals surface area contributed by atoms with E-state index in [1.807, 2.05) is 18.0 Å². The summed E-state index contributed by atoms with van der Waals surface area (Å²) in [6.45, 7) is 2.08. The molecule has 0 bridgehead atoms. The number of likely N-dealkylation sites (N-methyl/N-ethyl adjacent to an activating group) is 1. The molecule has 1 saturated carbocycles. The summed E-state index contributed by atoms with van der Waals surface area (Å²) in [6.07, 6.45) is 4.56. The van der Waals surface area contributed by atoms with Crippen LogP contribution in [0.1, 0.15) is 37.5 Å². The topological polar surface area (TPSA) is 46.3 Å². The van der Waals surface area contributed by atoms with Crippen LogP contribution < -0.4 is 5.73 Å². The Kier molecular flexibility index (Phi) is 4.81. The number of rotatable bonds is 5. The van der Waals surface area contributed by atoms with Crippen LogP contribution in [0.5, 0.6) is 0 Å². The van der Waals surface area contributed by atoms with Crippen LogP contribution >= 0.6 is 23.6 Å². The van der Waals surface area contributed by atoms with Gasteiger partial charge in [-0.2, -0.15) is 0 Å². The number of nitrogens with two attached hydrogens (primary N) is 1. The van der Waals surface area contributed by atoms with Gasteiger partial charge in [-0.25, -0.2) is 0 Å². The third kappa shape index (κ3) is 2.88. The molecule has 110 valence electrons. The van der Waals surface area contributed by atoms with Crippen LogP contribution in [0.2, 0.25) is 0 Å². The molecule has 1 fully saturated rings. The van der Waals surface area contributed by atoms with Crippen molar-refractivity contribution in [2.75, 3.05) is 7.05 Å². The second kappa shape index (κ2) is 6.22. The lowest BCUT2D eigenvalue weighted by Crippen LogP contribution is -2.50. The van der Waals surface area contributed by atoms with Crippen molar-refractivity contribution >= 4 is 34.5 Å². The number of amides is 1. The average Bonchev–Trinajstić information content (AvgIpc) is 3.08. The molecule has 1 amide bonds. The Bertz CT molecular complexity index is 478. The van der Waals surface area contributed by atoms with E-state index in [4.69, 9.17) is 18.0 Å². The maximum atomic E-state index is 12.8. The van der Waals surface area contributed by atoms with Gasteiger partial charge in [-0.1, -0.05) is 31.1 Å². The van der Waals surface area contributed by atoms with E-state index in [0.29, 0.717) is 4.99 Å². The zero-order valence-electron chi connectivity index (χ0n) is 12.1. The Hall–Kier alpha value is -0.940. The Morgan fingerprint density at radius 1 is 1.55 bits per heavy atom. The maximum absolute atomic E-state index is 12.8. The molecule has 1 aliphatic rings. The SMILES string of the molecule is CC(Cc1cccs1)N(C)C(=O)C1(C(N)=S)CCCC1. The first-order valence-corrected chi connectivity index (χ1v) is 8.36. The standard InChI is InChI=1S/C15H22N2OS2/c1-11(10-12-6-5-9-20-12)17(2)14(18)15(13(16)19)7-3-4-8-15/h5-6,9,11H,3-4,7-8,10H2,1-2H3,(H2,16,19). The van der Waals surface area contributed by atoms with Crippen molar-refractivity contribution in [2.45, 2.75) is 45.1 Å². The quantitative estimate of drug-likeness (QED) is 0.851. The van der Waals surface area contributed by atoms with E-state index >= 15 is 0 Å². The molecule has 0 radical (unpaired) electrons. The minimum absolute atomic E-state index is 0.103. The first kappa shape index (κ1) is 15.4. The van der Waals surface area contributed by atoms with Gasteiger partial charge in [-0.3, -0.25) is 4.79 Å². The van der Waals surface area contributed by atoms with Crippen molar-refractivity contribution in [3.05, 3.63) is 22.4 Å². The fraction of sp³-hybridized carbons (Fsp3) is 0.600. The van der Waals surface area contributed by atoms with Crippen LogP contribution in [0, 0.1) is 5.41 Å². The first-order chi connectivity index (χ1) is 9.47. The fourth-order valence-electron chi connectivity index (χ4n) is 2.94. The summed E-state index contributed by atoms with van der Waals surface area (Å²) in [5, 5.41) is 2.07. The van der Waals surface area contributed by atoms with Gasteiger partial charge >= 0.3 is 0 Å². The Morgan fingerprint density at radius 3 is 2.70 bits per heavy atom. The maximum Gasteiger partial charge on any atom is 0.235 e. The van der Waals surface area contributed by atoms with Gasteiger partial charge in [0.15, 0.2) is 0 Å². The predicted octanol–water partition coefficient (Wildman–Crippen LogP) is 2.98. The molecule has 1 atom stereocenters. The minimum atomic E-state index is -0.589. The molecule has 1 aliphatic carbocycles. The van der Waals surface area contributed by atoms with E-state index in [9.17, 15) is 4.79 Å². The van der Waals surface area contributed by atoms with E-state index < -0.39 is 5.41 Å². The molecule has 2 N–H and O–H groups in total. The van der Waals surface area contributed by atoms with Gasteiger partial charge in [0.1, 0.15) is 0 Å². The van der Waals surface area contributed by atoms with Crippen molar-refractivity contribution in [1.82, 2.24) is 4.90 Å². The second-order valence-electron chi connectivity index (χ2n) is 5.70. The smallest absolute Gasteiger partial charge is 0.235 e. The molecular weight excluding hydrogens is 288 g/mol. The van der Waals surface area contributed by atoms with Crippen molar-refractivity contribution in [3.8, 4) is 0 Å². The highest BCUT2D eigenvalue weighted by Crippen LogP contribution is 2.40. The molecular formula is C15H22N2OS2. The summed E-state index contributed by atoms with van der Waals surface area (Å²) in [4.78, 5) is 16.3. The van der Waals surface area contributed by atoms with E-state index in [1.54, 1.807) is 11.3 Å². The van der Waals surface area contributed by atoms with Gasteiger partial charge in [-0.05, 0) is 31.2 Å². The second-order valence-corrected chi connectivity index (χ2v) is 7.17. The third-order valence-corrected chi connectivity index (χ3v) is 5.69. The normalized spacial score (nSPS) is 18.7. The number of hydrogen-bond donors (Lipinski definition) is 1. The number of carbonyl (C=O) groups is 1. The van der Waals surface area contributed by atoms with Crippen molar-refractivity contribution < 1.29 is 4.79 Å². The highest BCUT2D eigenvalue weighted by Gasteiger charge is 2.46. The van der Waals surface area contributed by atoms with Crippen molar-refractivity contribution in [3.63, 3.8) is 0 Å². The van der Waals surface area contributed by atoms with Gasteiger partial charge in [-0.15, -0.1) is 11.3 Å². The zero-order valence-corrected chi connectivity index (χ0v) is 13.7. The minimum Gasteiger partial charge on any atom is -0.392 e. The molecule has 0 spiro atoms. The molecule has 20 heavy (non-hydrogen) atoms. The summed E-state index contributed by atoms with van der Waals surface area (Å²) in [5.74, 6) is 0.103. The molecule has 1 aromatic heterocycles. The molecule has 5 heteroatoms. The molecule has 0 saturated heterocycles. The summed E-state index contributed by atoms with van der Waals surface area (Å²) in [6, 6.07) is 4.31. The summed E-state index contributed by atoms with van der Waals surface area (Å²) >= 11 is 6.93. The van der Waals surface area contributed by atoms with Gasteiger partial charge in [0.25, 0.3) is 0 Å². The Balaban J connectivity index is 2.09. The Labute approximate surface area is 130 Å². The molecule has 1 heterocycles. The number of thiophene rings is 1. The molecule has 1 unspecified atom stereocenters. The van der Waals surface area contributed by atoms with Crippen molar-refractivity contribution in [2.24, 2.45) is 11.1 Å². The van der Waals surface area contributed by atoms with E-state index in [-0.39, 0.29) is 11.9 Å². The summed E-state index contributed by atoms with van der Waals surface area (Å²) < 4.78 is 0. The number of thiocarbonyl (C=S) groups is 1. The third-order valence-electron chi connectivity index (χ3n) is 4.40. The summed E-state index contributed by atoms with van der Waals surface area (Å²) in [7, 11) is 1.87. The molecule has 2 rings (SSSR count). The van der Waals surface area contributed by atoms with Gasteiger partial charge < -0.3 is 10.6 Å². The van der Waals surface area contributed by atoms with Gasteiger partial charge in [0.2, 0.25) is 5.91 Å². The lowest BCUT2D eigenvalue weighted by Gasteiger charge is -2.34. The largest absolute Gasteiger partial charge is 0.392 e. The van der Waals surface area contributed by atoms with Crippen LogP contribution in [0.3, 0.4) is 0 Å². The highest BCUT2D eigenvalue weighted by molar-refractivity contribution is 7.80. The van der Waals surface area contributed by atoms with E-state index in [0.717, 1.165) is 32.1 Å². The number of nitrogens with zero attached hydrogens (tertiary/aromatic N) is 1. The molecule has 3 nitrogen and oxygen atoms in total. The zero-order chi connectivity index (χ0) is 14.8. The fourth-order valence-corrected chi connectivity index (χ4v) is 4.06. The number of hydrogen-bond acceptors (Lipinski definition) is 3. The lowest BCUT2D eigenvalue weighted by molar-refractivity contribution is -0.138. The van der Waals surface area contributed by atoms with Crippen LogP contribution in [-0.2, 0) is 11.2 Å². The molecule has 0 aromatic carbocycles. The Morgan fingerprint density at radius 2 is 2.20 bits per heavy atom. The van der Waals surface area contributed by atoms with Crippen molar-refractivity contribution in [1.29, 1.82) is 0 Å². The van der Waals surface area contributed by atoms with Gasteiger partial charge in [0.05, 0.1) is 10.4 Å². The van der Waals surface area contributed by atoms with Gasteiger partial charge in [0, 0.05) is 24.4 Å². The highest BCUT2D eigenvalue weighted by atomic mass is 32.1. The average molecular weight is 310 g/mol. The monoisotopic (exact) mass is 310 g/mol. The molecule has 1 aromatic rings. The van der Waals surface area contributed by atoms with Crippen LogP contribution in [0.15, 0.2) is 17.5 Å². The lowest BCUT2D eigenvalue weighted by atomic mass is 9.84. The van der Waals surface area contributed by atoms with Crippen LogP contribution in [0.4, 0.5) is 0 Å². The first-order valence-electron chi connectivity index (χ1n) is 7.07. The number of carbonyl (C=O) groups excluding carboxylic acids is 1.